The van der Waals surface area contributed by atoms with Gasteiger partial charge in [-0.05, 0) is 30.5 Å². The van der Waals surface area contributed by atoms with Crippen LogP contribution < -0.4 is 4.72 Å². The summed E-state index contributed by atoms with van der Waals surface area (Å²) in [5.74, 6) is -0.0186. The Kier molecular flexibility index (Phi) is 4.56. The van der Waals surface area contributed by atoms with E-state index in [0.717, 1.165) is 25.7 Å². The van der Waals surface area contributed by atoms with E-state index in [2.05, 4.69) is 4.72 Å². The molecule has 0 radical (unpaired) electrons. The van der Waals surface area contributed by atoms with Gasteiger partial charge in [-0.2, -0.15) is 5.26 Å². The molecule has 0 bridgehead atoms. The van der Waals surface area contributed by atoms with Gasteiger partial charge in [-0.25, -0.2) is 13.1 Å². The number of rotatable bonds is 4. The van der Waals surface area contributed by atoms with Gasteiger partial charge in [0.15, 0.2) is 0 Å². The molecule has 0 saturated heterocycles. The number of nitriles is 1. The van der Waals surface area contributed by atoms with Crippen molar-refractivity contribution in [3.05, 3.63) is 35.4 Å². The number of hydrogen-bond donors (Lipinski definition) is 1. The fourth-order valence-corrected chi connectivity index (χ4v) is 3.87. The summed E-state index contributed by atoms with van der Waals surface area (Å²) in [7, 11) is -3.29. The molecule has 0 heterocycles. The Morgan fingerprint density at radius 2 is 1.79 bits per heavy atom. The topological polar surface area (TPSA) is 70.0 Å². The normalized spacial score (nSPS) is 17.0. The van der Waals surface area contributed by atoms with Gasteiger partial charge in [-0.3, -0.25) is 0 Å². The van der Waals surface area contributed by atoms with Crippen molar-refractivity contribution in [2.24, 2.45) is 0 Å². The second kappa shape index (κ2) is 6.18. The van der Waals surface area contributed by atoms with Crippen molar-refractivity contribution in [3.63, 3.8) is 0 Å². The quantitative estimate of drug-likeness (QED) is 0.918. The van der Waals surface area contributed by atoms with Gasteiger partial charge in [0, 0.05) is 6.04 Å². The van der Waals surface area contributed by atoms with Crippen molar-refractivity contribution >= 4 is 10.0 Å². The third-order valence-electron chi connectivity index (χ3n) is 3.39. The number of nitrogens with zero attached hydrogens (tertiary/aromatic N) is 1. The molecule has 1 saturated carbocycles. The summed E-state index contributed by atoms with van der Waals surface area (Å²) in [4.78, 5) is 0. The number of benzene rings is 1. The fourth-order valence-electron chi connectivity index (χ4n) is 2.41. The molecule has 0 amide bonds. The van der Waals surface area contributed by atoms with Gasteiger partial charge in [-0.1, -0.05) is 31.4 Å². The highest BCUT2D eigenvalue weighted by molar-refractivity contribution is 7.88. The first-order chi connectivity index (χ1) is 9.09. The average molecular weight is 278 g/mol. The summed E-state index contributed by atoms with van der Waals surface area (Å²) < 4.78 is 26.9. The van der Waals surface area contributed by atoms with Crippen LogP contribution >= 0.6 is 0 Å². The average Bonchev–Trinajstić information content (AvgIpc) is 2.39. The van der Waals surface area contributed by atoms with Crippen LogP contribution in [0.2, 0.25) is 0 Å². The van der Waals surface area contributed by atoms with Gasteiger partial charge in [0.05, 0.1) is 17.4 Å². The minimum absolute atomic E-state index is 0.0186. The highest BCUT2D eigenvalue weighted by Crippen LogP contribution is 2.18. The minimum atomic E-state index is -3.29. The molecule has 0 aromatic heterocycles. The number of sulfonamides is 1. The van der Waals surface area contributed by atoms with E-state index >= 15 is 0 Å². The van der Waals surface area contributed by atoms with Gasteiger partial charge in [0.25, 0.3) is 0 Å². The predicted molar refractivity (Wildman–Crippen MR) is 73.8 cm³/mol. The van der Waals surface area contributed by atoms with Gasteiger partial charge in [0.2, 0.25) is 10.0 Å². The van der Waals surface area contributed by atoms with Crippen molar-refractivity contribution in [1.29, 1.82) is 5.26 Å². The van der Waals surface area contributed by atoms with E-state index in [9.17, 15) is 8.42 Å². The van der Waals surface area contributed by atoms with Crippen molar-refractivity contribution < 1.29 is 8.42 Å². The van der Waals surface area contributed by atoms with Crippen molar-refractivity contribution in [1.82, 2.24) is 4.72 Å². The van der Waals surface area contributed by atoms with E-state index in [0.29, 0.717) is 11.1 Å². The Bertz CT molecular complexity index is 552. The molecule has 2 rings (SSSR count). The minimum Gasteiger partial charge on any atom is -0.212 e. The molecular weight excluding hydrogens is 260 g/mol. The maximum Gasteiger partial charge on any atom is 0.216 e. The van der Waals surface area contributed by atoms with Crippen molar-refractivity contribution in [3.8, 4) is 6.07 Å². The summed E-state index contributed by atoms with van der Waals surface area (Å²) >= 11 is 0. The molecule has 0 aliphatic heterocycles. The molecule has 0 atom stereocenters. The van der Waals surface area contributed by atoms with E-state index < -0.39 is 10.0 Å². The van der Waals surface area contributed by atoms with Gasteiger partial charge >= 0.3 is 0 Å². The third kappa shape index (κ3) is 4.34. The lowest BCUT2D eigenvalue weighted by atomic mass is 9.96. The lowest BCUT2D eigenvalue weighted by Crippen LogP contribution is -2.36. The van der Waals surface area contributed by atoms with Crippen LogP contribution in [0.1, 0.15) is 43.2 Å². The van der Waals surface area contributed by atoms with Crippen LogP contribution in [0.4, 0.5) is 0 Å². The van der Waals surface area contributed by atoms with E-state index in [1.807, 2.05) is 6.07 Å². The van der Waals surface area contributed by atoms with Crippen molar-refractivity contribution in [2.45, 2.75) is 43.9 Å². The molecule has 1 fully saturated rings. The molecule has 1 aliphatic rings. The lowest BCUT2D eigenvalue weighted by molar-refractivity contribution is 0.412. The molecule has 1 aliphatic carbocycles. The molecule has 1 N–H and O–H groups in total. The molecule has 1 aromatic rings. The first kappa shape index (κ1) is 14.0. The predicted octanol–water partition coefficient (Wildman–Crippen LogP) is 2.31. The second-order valence-electron chi connectivity index (χ2n) is 5.02. The van der Waals surface area contributed by atoms with E-state index in [4.69, 9.17) is 5.26 Å². The Labute approximate surface area is 114 Å². The summed E-state index contributed by atoms with van der Waals surface area (Å²) in [5, 5.41) is 8.70. The van der Waals surface area contributed by atoms with Crippen molar-refractivity contribution in [2.75, 3.05) is 0 Å². The smallest absolute Gasteiger partial charge is 0.212 e. The van der Waals surface area contributed by atoms with Crippen LogP contribution in [-0.2, 0) is 15.8 Å². The van der Waals surface area contributed by atoms with E-state index in [1.165, 1.54) is 6.42 Å². The van der Waals surface area contributed by atoms with Gasteiger partial charge in [0.1, 0.15) is 0 Å². The Morgan fingerprint density at radius 1 is 1.16 bits per heavy atom. The zero-order valence-corrected chi connectivity index (χ0v) is 11.6. The monoisotopic (exact) mass is 278 g/mol. The number of hydrogen-bond acceptors (Lipinski definition) is 3. The number of nitrogens with one attached hydrogen (secondary N) is 1. The van der Waals surface area contributed by atoms with Gasteiger partial charge in [-0.15, -0.1) is 0 Å². The lowest BCUT2D eigenvalue weighted by Gasteiger charge is -2.22. The molecule has 5 heteroatoms. The Morgan fingerprint density at radius 3 is 2.37 bits per heavy atom. The van der Waals surface area contributed by atoms with Crippen LogP contribution in [0, 0.1) is 11.3 Å². The zero-order chi connectivity index (χ0) is 13.7. The maximum absolute atomic E-state index is 12.0. The maximum atomic E-state index is 12.0. The first-order valence-electron chi connectivity index (χ1n) is 6.58. The summed E-state index contributed by atoms with van der Waals surface area (Å²) in [6.07, 6.45) is 5.28. The van der Waals surface area contributed by atoms with Crippen LogP contribution in [0.5, 0.6) is 0 Å². The summed E-state index contributed by atoms with van der Waals surface area (Å²) in [5.41, 5.74) is 1.25. The third-order valence-corrected chi connectivity index (χ3v) is 4.80. The van der Waals surface area contributed by atoms with Crippen LogP contribution in [0.3, 0.4) is 0 Å². The highest BCUT2D eigenvalue weighted by Gasteiger charge is 2.20. The summed E-state index contributed by atoms with van der Waals surface area (Å²) in [6, 6.07) is 8.79. The second-order valence-corrected chi connectivity index (χ2v) is 6.77. The standard InChI is InChI=1S/C14H18N2O2S/c15-10-12-6-8-13(9-7-12)11-19(17,18)16-14-4-2-1-3-5-14/h6-9,14,16H,1-5,11H2. The first-order valence-corrected chi connectivity index (χ1v) is 8.23. The SMILES string of the molecule is N#Cc1ccc(CS(=O)(=O)NC2CCCCC2)cc1. The van der Waals surface area contributed by atoms with Crippen LogP contribution in [0.15, 0.2) is 24.3 Å². The van der Waals surface area contributed by atoms with Crippen LogP contribution in [0.25, 0.3) is 0 Å². The molecule has 0 spiro atoms. The Balaban J connectivity index is 1.97. The molecular formula is C14H18N2O2S. The van der Waals surface area contributed by atoms with Gasteiger partial charge < -0.3 is 0 Å². The largest absolute Gasteiger partial charge is 0.216 e. The molecule has 19 heavy (non-hydrogen) atoms. The molecule has 102 valence electrons. The Hall–Kier alpha value is -1.38. The molecule has 4 nitrogen and oxygen atoms in total. The zero-order valence-electron chi connectivity index (χ0n) is 10.8. The fraction of sp³-hybridized carbons (Fsp3) is 0.500. The van der Waals surface area contributed by atoms with Crippen LogP contribution in [-0.4, -0.2) is 14.5 Å². The van der Waals surface area contributed by atoms with E-state index in [-0.39, 0.29) is 11.8 Å². The molecule has 0 unspecified atom stereocenters. The highest BCUT2D eigenvalue weighted by atomic mass is 32.2. The van der Waals surface area contributed by atoms with E-state index in [1.54, 1.807) is 24.3 Å². The summed E-state index contributed by atoms with van der Waals surface area (Å²) in [6.45, 7) is 0. The molecule has 1 aromatic carbocycles.